The molecule has 0 atom stereocenters. The van der Waals surface area contributed by atoms with E-state index in [4.69, 9.17) is 5.11 Å². The number of carboxylic acid groups (broad SMARTS) is 1. The summed E-state index contributed by atoms with van der Waals surface area (Å²) in [6.45, 7) is 3.91. The first-order valence-electron chi connectivity index (χ1n) is 4.13. The largest absolute Gasteiger partial charge is 0.478 e. The highest BCUT2D eigenvalue weighted by molar-refractivity contribution is 7.13. The van der Waals surface area contributed by atoms with Crippen molar-refractivity contribution < 1.29 is 9.90 Å². The zero-order chi connectivity index (χ0) is 9.84. The molecule has 1 aromatic rings. The SMILES string of the molecule is CCc1ccc(C(C)=CC(=O)O)s1. The fourth-order valence-corrected chi connectivity index (χ4v) is 1.96. The second-order valence-electron chi connectivity index (χ2n) is 2.79. The van der Waals surface area contributed by atoms with Crippen LogP contribution in [0, 0.1) is 0 Å². The van der Waals surface area contributed by atoms with E-state index in [0.29, 0.717) is 0 Å². The maximum absolute atomic E-state index is 10.4. The van der Waals surface area contributed by atoms with Crippen LogP contribution in [0.25, 0.3) is 5.57 Å². The van der Waals surface area contributed by atoms with Gasteiger partial charge < -0.3 is 5.11 Å². The van der Waals surface area contributed by atoms with Crippen LogP contribution < -0.4 is 0 Å². The summed E-state index contributed by atoms with van der Waals surface area (Å²) in [5.74, 6) is -0.885. The van der Waals surface area contributed by atoms with Crippen LogP contribution in [0.2, 0.25) is 0 Å². The lowest BCUT2D eigenvalue weighted by atomic mass is 10.2. The molecule has 0 saturated carbocycles. The Balaban J connectivity index is 2.88. The third kappa shape index (κ3) is 2.70. The molecular weight excluding hydrogens is 184 g/mol. The maximum Gasteiger partial charge on any atom is 0.328 e. The minimum absolute atomic E-state index is 0.817. The third-order valence-electron chi connectivity index (χ3n) is 1.74. The van der Waals surface area contributed by atoms with E-state index in [1.807, 2.05) is 19.1 Å². The van der Waals surface area contributed by atoms with Crippen LogP contribution in [-0.2, 0) is 11.2 Å². The normalized spacial score (nSPS) is 11.7. The van der Waals surface area contributed by atoms with Gasteiger partial charge in [-0.1, -0.05) is 6.92 Å². The molecule has 1 heterocycles. The molecule has 2 nitrogen and oxygen atoms in total. The average Bonchev–Trinajstić information content (AvgIpc) is 2.50. The van der Waals surface area contributed by atoms with E-state index >= 15 is 0 Å². The van der Waals surface area contributed by atoms with Gasteiger partial charge in [0.15, 0.2) is 0 Å². The van der Waals surface area contributed by atoms with Gasteiger partial charge in [-0.15, -0.1) is 11.3 Å². The molecule has 0 fully saturated rings. The van der Waals surface area contributed by atoms with Crippen molar-refractivity contribution in [2.45, 2.75) is 20.3 Å². The summed E-state index contributed by atoms with van der Waals surface area (Å²) in [6, 6.07) is 4.01. The highest BCUT2D eigenvalue weighted by atomic mass is 32.1. The molecule has 0 aromatic carbocycles. The van der Waals surface area contributed by atoms with Crippen molar-refractivity contribution >= 4 is 22.9 Å². The Labute approximate surface area is 81.5 Å². The number of aryl methyl sites for hydroxylation is 1. The van der Waals surface area contributed by atoms with Gasteiger partial charge in [0.05, 0.1) is 0 Å². The average molecular weight is 196 g/mol. The summed E-state index contributed by atoms with van der Waals surface area (Å²) in [5, 5.41) is 8.54. The predicted molar refractivity (Wildman–Crippen MR) is 55.0 cm³/mol. The Hall–Kier alpha value is -1.09. The summed E-state index contributed by atoms with van der Waals surface area (Å²) in [6.07, 6.45) is 2.25. The third-order valence-corrected chi connectivity index (χ3v) is 3.10. The molecule has 1 rings (SSSR count). The Morgan fingerprint density at radius 3 is 2.77 bits per heavy atom. The van der Waals surface area contributed by atoms with Crippen LogP contribution in [0.4, 0.5) is 0 Å². The van der Waals surface area contributed by atoms with E-state index in [0.717, 1.165) is 16.9 Å². The molecule has 0 spiro atoms. The Morgan fingerprint density at radius 1 is 1.62 bits per heavy atom. The second-order valence-corrected chi connectivity index (χ2v) is 3.95. The molecule has 0 amide bonds. The van der Waals surface area contributed by atoms with Gasteiger partial charge >= 0.3 is 5.97 Å². The number of hydrogen-bond acceptors (Lipinski definition) is 2. The fraction of sp³-hybridized carbons (Fsp3) is 0.300. The van der Waals surface area contributed by atoms with E-state index in [1.54, 1.807) is 11.3 Å². The zero-order valence-electron chi connectivity index (χ0n) is 7.70. The molecule has 0 aliphatic heterocycles. The van der Waals surface area contributed by atoms with Crippen molar-refractivity contribution in [3.8, 4) is 0 Å². The number of aliphatic carboxylic acids is 1. The highest BCUT2D eigenvalue weighted by Crippen LogP contribution is 2.23. The second kappa shape index (κ2) is 4.23. The number of carboxylic acids is 1. The van der Waals surface area contributed by atoms with Crippen molar-refractivity contribution in [3.05, 3.63) is 28.0 Å². The van der Waals surface area contributed by atoms with Gasteiger partial charge in [-0.05, 0) is 31.1 Å². The molecular formula is C10H12O2S. The van der Waals surface area contributed by atoms with Gasteiger partial charge in [0, 0.05) is 15.8 Å². The summed E-state index contributed by atoms with van der Waals surface area (Å²) in [4.78, 5) is 12.7. The van der Waals surface area contributed by atoms with Crippen LogP contribution in [-0.4, -0.2) is 11.1 Å². The van der Waals surface area contributed by atoms with E-state index in [-0.39, 0.29) is 0 Å². The number of thiophene rings is 1. The predicted octanol–water partition coefficient (Wildman–Crippen LogP) is 2.80. The first-order valence-corrected chi connectivity index (χ1v) is 4.95. The van der Waals surface area contributed by atoms with Crippen molar-refractivity contribution in [3.63, 3.8) is 0 Å². The standard InChI is InChI=1S/C10H12O2S/c1-3-8-4-5-9(13-8)7(2)6-10(11)12/h4-6H,3H2,1-2H3,(H,11,12). The van der Waals surface area contributed by atoms with Gasteiger partial charge in [0.2, 0.25) is 0 Å². The number of allylic oxidation sites excluding steroid dienone is 1. The lowest BCUT2D eigenvalue weighted by Gasteiger charge is -1.93. The lowest BCUT2D eigenvalue weighted by Crippen LogP contribution is -1.88. The van der Waals surface area contributed by atoms with Crippen molar-refractivity contribution in [2.24, 2.45) is 0 Å². The van der Waals surface area contributed by atoms with Crippen LogP contribution in [0.1, 0.15) is 23.6 Å². The molecule has 0 bridgehead atoms. The molecule has 0 aliphatic carbocycles. The lowest BCUT2D eigenvalue weighted by molar-refractivity contribution is -0.131. The van der Waals surface area contributed by atoms with Gasteiger partial charge in [-0.25, -0.2) is 4.79 Å². The first kappa shape index (κ1) is 9.99. The van der Waals surface area contributed by atoms with E-state index in [1.165, 1.54) is 11.0 Å². The van der Waals surface area contributed by atoms with Crippen LogP contribution in [0.5, 0.6) is 0 Å². The summed E-state index contributed by atoms with van der Waals surface area (Å²) in [7, 11) is 0. The minimum Gasteiger partial charge on any atom is -0.478 e. The molecule has 0 aliphatic rings. The van der Waals surface area contributed by atoms with Gasteiger partial charge in [0.1, 0.15) is 0 Å². The Kier molecular flexibility index (Phi) is 3.25. The number of carbonyl (C=O) groups is 1. The highest BCUT2D eigenvalue weighted by Gasteiger charge is 2.01. The molecule has 13 heavy (non-hydrogen) atoms. The molecule has 1 aromatic heterocycles. The van der Waals surface area contributed by atoms with Gasteiger partial charge in [-0.3, -0.25) is 0 Å². The smallest absolute Gasteiger partial charge is 0.328 e. The van der Waals surface area contributed by atoms with Crippen molar-refractivity contribution in [1.29, 1.82) is 0 Å². The van der Waals surface area contributed by atoms with Crippen LogP contribution in [0.3, 0.4) is 0 Å². The maximum atomic E-state index is 10.4. The van der Waals surface area contributed by atoms with Crippen molar-refractivity contribution in [1.82, 2.24) is 0 Å². The van der Waals surface area contributed by atoms with Gasteiger partial charge in [-0.2, -0.15) is 0 Å². The Morgan fingerprint density at radius 2 is 2.31 bits per heavy atom. The molecule has 0 unspecified atom stereocenters. The van der Waals surface area contributed by atoms with Crippen molar-refractivity contribution in [2.75, 3.05) is 0 Å². The van der Waals surface area contributed by atoms with E-state index in [2.05, 4.69) is 6.92 Å². The van der Waals surface area contributed by atoms with E-state index in [9.17, 15) is 4.79 Å². The molecule has 0 radical (unpaired) electrons. The topological polar surface area (TPSA) is 37.3 Å². The number of rotatable bonds is 3. The molecule has 3 heteroatoms. The fourth-order valence-electron chi connectivity index (χ4n) is 1.04. The molecule has 1 N–H and O–H groups in total. The molecule has 70 valence electrons. The molecule has 0 saturated heterocycles. The van der Waals surface area contributed by atoms with Crippen LogP contribution in [0.15, 0.2) is 18.2 Å². The number of hydrogen-bond donors (Lipinski definition) is 1. The summed E-state index contributed by atoms with van der Waals surface area (Å²) in [5.41, 5.74) is 0.817. The summed E-state index contributed by atoms with van der Waals surface area (Å²) < 4.78 is 0. The quantitative estimate of drug-likeness (QED) is 0.755. The Bertz CT molecular complexity index is 336. The zero-order valence-corrected chi connectivity index (χ0v) is 8.52. The summed E-state index contributed by atoms with van der Waals surface area (Å²) >= 11 is 1.65. The van der Waals surface area contributed by atoms with Crippen LogP contribution >= 0.6 is 11.3 Å². The van der Waals surface area contributed by atoms with Gasteiger partial charge in [0.25, 0.3) is 0 Å². The monoisotopic (exact) mass is 196 g/mol. The van der Waals surface area contributed by atoms with E-state index < -0.39 is 5.97 Å². The minimum atomic E-state index is -0.885. The first-order chi connectivity index (χ1) is 6.13.